The van der Waals surface area contributed by atoms with Crippen LogP contribution in [0.2, 0.25) is 0 Å². The third-order valence-electron chi connectivity index (χ3n) is 15.6. The van der Waals surface area contributed by atoms with Gasteiger partial charge in [0.2, 0.25) is 0 Å². The van der Waals surface area contributed by atoms with Crippen LogP contribution in [0.1, 0.15) is 0 Å². The third-order valence-corrected chi connectivity index (χ3v) is 15.6. The molecule has 0 aliphatic heterocycles. The summed E-state index contributed by atoms with van der Waals surface area (Å²) >= 11 is 0. The van der Waals surface area contributed by atoms with Gasteiger partial charge in [-0.2, -0.15) is 0 Å². The molecule has 0 saturated heterocycles. The van der Waals surface area contributed by atoms with E-state index in [9.17, 15) is 0 Å². The predicted molar refractivity (Wildman–Crippen MR) is 319 cm³/mol. The van der Waals surface area contributed by atoms with Crippen LogP contribution in [0, 0.1) is 0 Å². The number of nitrogens with zero attached hydrogens (tertiary/aromatic N) is 2. The van der Waals surface area contributed by atoms with Crippen LogP contribution >= 0.6 is 0 Å². The van der Waals surface area contributed by atoms with Gasteiger partial charge >= 0.3 is 0 Å². The highest BCUT2D eigenvalue weighted by molar-refractivity contribution is 6.15. The van der Waals surface area contributed by atoms with Gasteiger partial charge < -0.3 is 22.7 Å². The van der Waals surface area contributed by atoms with E-state index in [4.69, 9.17) is 13.3 Å². The van der Waals surface area contributed by atoms with Gasteiger partial charge in [-0.05, 0) is 130 Å². The predicted octanol–water partition coefficient (Wildman–Crippen LogP) is 20.6. The lowest BCUT2D eigenvalue weighted by atomic mass is 9.96. The number of hydrogen-bond donors (Lipinski definition) is 0. The summed E-state index contributed by atoms with van der Waals surface area (Å²) in [6.45, 7) is 0. The van der Waals surface area contributed by atoms with E-state index in [2.05, 4.69) is 252 Å². The van der Waals surface area contributed by atoms with Gasteiger partial charge in [-0.3, -0.25) is 0 Å². The molecule has 0 unspecified atom stereocenters. The molecule has 0 saturated carbocycles. The lowest BCUT2D eigenvalue weighted by Gasteiger charge is -2.26. The molecule has 360 valence electrons. The minimum Gasteiger partial charge on any atom is -0.456 e. The summed E-state index contributed by atoms with van der Waals surface area (Å²) in [6, 6.07) is 95.1. The second-order valence-electron chi connectivity index (χ2n) is 19.9. The lowest BCUT2D eigenvalue weighted by molar-refractivity contribution is 0.669. The van der Waals surface area contributed by atoms with Crippen molar-refractivity contribution in [3.05, 3.63) is 267 Å². The summed E-state index contributed by atoms with van der Waals surface area (Å²) in [7, 11) is 0. The fourth-order valence-corrected chi connectivity index (χ4v) is 12.0. The van der Waals surface area contributed by atoms with Crippen molar-refractivity contribution in [1.82, 2.24) is 4.57 Å². The molecule has 0 aliphatic carbocycles. The number of anilines is 3. The highest BCUT2D eigenvalue weighted by atomic mass is 16.3. The number of aromatic nitrogens is 1. The molecule has 0 aliphatic rings. The number of furan rings is 3. The summed E-state index contributed by atoms with van der Waals surface area (Å²) in [5.41, 5.74) is 20.7. The molecule has 16 rings (SSSR count). The Morgan fingerprint density at radius 1 is 0.260 bits per heavy atom. The Labute approximate surface area is 442 Å². The molecular weight excluding hydrogens is 941 g/mol. The van der Waals surface area contributed by atoms with Crippen LogP contribution in [0.5, 0.6) is 0 Å². The Balaban J connectivity index is 0.786. The molecule has 12 aromatic carbocycles. The van der Waals surface area contributed by atoms with Gasteiger partial charge in [-0.25, -0.2) is 0 Å². The Hall–Kier alpha value is -10.4. The van der Waals surface area contributed by atoms with Crippen LogP contribution in [-0.2, 0) is 0 Å². The van der Waals surface area contributed by atoms with Crippen LogP contribution in [0.4, 0.5) is 17.1 Å². The summed E-state index contributed by atoms with van der Waals surface area (Å²) < 4.78 is 21.9. The molecule has 0 bridgehead atoms. The first-order valence-electron chi connectivity index (χ1n) is 26.1. The quantitative estimate of drug-likeness (QED) is 0.152. The summed E-state index contributed by atoms with van der Waals surface area (Å²) in [4.78, 5) is 2.33. The van der Waals surface area contributed by atoms with Crippen LogP contribution < -0.4 is 4.90 Å². The maximum absolute atomic E-state index is 6.60. The molecule has 0 N–H and O–H groups in total. The van der Waals surface area contributed by atoms with E-state index in [0.717, 1.165) is 133 Å². The Morgan fingerprint density at radius 2 is 0.688 bits per heavy atom. The highest BCUT2D eigenvalue weighted by Gasteiger charge is 2.20. The zero-order chi connectivity index (χ0) is 50.6. The smallest absolute Gasteiger partial charge is 0.143 e. The van der Waals surface area contributed by atoms with Crippen LogP contribution in [0.3, 0.4) is 0 Å². The Kier molecular flexibility index (Phi) is 9.57. The molecule has 0 atom stereocenters. The summed E-state index contributed by atoms with van der Waals surface area (Å²) in [5.74, 6) is 0. The van der Waals surface area contributed by atoms with E-state index in [1.165, 1.54) is 21.8 Å². The monoisotopic (exact) mass is 984 g/mol. The average Bonchev–Trinajstić information content (AvgIpc) is 4.32. The number of benzene rings is 12. The first-order chi connectivity index (χ1) is 38.2. The molecule has 0 fully saturated rings. The van der Waals surface area contributed by atoms with Crippen molar-refractivity contribution in [2.45, 2.75) is 0 Å². The molecule has 0 spiro atoms. The fraction of sp³-hybridized carbons (Fsp3) is 0. The molecular formula is C72H44N2O3. The number of hydrogen-bond acceptors (Lipinski definition) is 4. The minimum absolute atomic E-state index is 0.860. The van der Waals surface area contributed by atoms with E-state index in [0.29, 0.717) is 0 Å². The molecule has 4 aromatic heterocycles. The van der Waals surface area contributed by atoms with E-state index < -0.39 is 0 Å². The number of para-hydroxylation sites is 6. The molecule has 4 heterocycles. The van der Waals surface area contributed by atoms with Gasteiger partial charge in [0, 0.05) is 77.0 Å². The zero-order valence-corrected chi connectivity index (χ0v) is 41.5. The first-order valence-corrected chi connectivity index (χ1v) is 26.1. The topological polar surface area (TPSA) is 47.6 Å². The van der Waals surface area contributed by atoms with E-state index in [-0.39, 0.29) is 0 Å². The maximum Gasteiger partial charge on any atom is 0.143 e. The number of rotatable bonds is 8. The average molecular weight is 985 g/mol. The van der Waals surface area contributed by atoms with Gasteiger partial charge in [-0.15, -0.1) is 0 Å². The van der Waals surface area contributed by atoms with Crippen molar-refractivity contribution >= 4 is 105 Å². The molecule has 16 aromatic rings. The highest BCUT2D eigenvalue weighted by Crippen LogP contribution is 2.44. The molecule has 0 radical (unpaired) electrons. The van der Waals surface area contributed by atoms with E-state index >= 15 is 0 Å². The summed E-state index contributed by atoms with van der Waals surface area (Å²) in [5, 5.41) is 9.11. The van der Waals surface area contributed by atoms with Crippen LogP contribution in [-0.4, -0.2) is 4.57 Å². The zero-order valence-electron chi connectivity index (χ0n) is 41.5. The second-order valence-corrected chi connectivity index (χ2v) is 19.9. The van der Waals surface area contributed by atoms with Crippen LogP contribution in [0.15, 0.2) is 280 Å². The van der Waals surface area contributed by atoms with Crippen molar-refractivity contribution in [3.8, 4) is 50.2 Å². The van der Waals surface area contributed by atoms with E-state index in [1.54, 1.807) is 0 Å². The summed E-state index contributed by atoms with van der Waals surface area (Å²) in [6.07, 6.45) is 0. The Bertz CT molecular complexity index is 4800. The Morgan fingerprint density at radius 3 is 1.30 bits per heavy atom. The molecule has 0 amide bonds. The first kappa shape index (κ1) is 43.1. The van der Waals surface area contributed by atoms with Crippen molar-refractivity contribution in [3.63, 3.8) is 0 Å². The van der Waals surface area contributed by atoms with Crippen molar-refractivity contribution < 1.29 is 13.3 Å². The normalized spacial score (nSPS) is 11.9. The minimum atomic E-state index is 0.860. The van der Waals surface area contributed by atoms with Gasteiger partial charge in [0.1, 0.15) is 33.5 Å². The van der Waals surface area contributed by atoms with E-state index in [1.807, 2.05) is 24.3 Å². The van der Waals surface area contributed by atoms with Gasteiger partial charge in [-0.1, -0.05) is 170 Å². The lowest BCUT2D eigenvalue weighted by Crippen LogP contribution is -2.09. The molecule has 77 heavy (non-hydrogen) atoms. The largest absolute Gasteiger partial charge is 0.456 e. The second kappa shape index (κ2) is 17.1. The van der Waals surface area contributed by atoms with Crippen LogP contribution in [0.25, 0.3) is 138 Å². The SMILES string of the molecule is c1ccc(-n2c3ccccc3c3cc(-c4ccc5oc6cccc(-c7ccc(N(c8ccc(-c9cccc%10c9oc9ccccc9%10)cc8)c8ccc(-c9cccc%10c9oc9ccccc9%10)cc8)cc7)c6c5c4)ccc32)cc1. The standard InChI is InChI=1S/C72H44N2O3/c1-2-13-50(14-3-1)74-64-23-7-4-15-57(64)62-43-48(33-41-65(62)74)49-34-42-68-63(44-49)70-54(18-12-26-69(70)75-68)45-27-35-51(36-28-45)73(52-37-29-46(30-38-52)55-19-10-21-60-58-16-5-8-24-66(58)76-71(55)60)53-39-31-47(32-40-53)56-20-11-22-61-59-17-6-9-25-67(59)77-72(56)61/h1-44H. The van der Waals surface area contributed by atoms with Gasteiger partial charge in [0.25, 0.3) is 0 Å². The van der Waals surface area contributed by atoms with Gasteiger partial charge in [0.15, 0.2) is 0 Å². The van der Waals surface area contributed by atoms with Crippen molar-refractivity contribution in [2.24, 2.45) is 0 Å². The fourth-order valence-electron chi connectivity index (χ4n) is 12.0. The third kappa shape index (κ3) is 6.88. The van der Waals surface area contributed by atoms with Gasteiger partial charge in [0.05, 0.1) is 11.0 Å². The molecule has 5 nitrogen and oxygen atoms in total. The van der Waals surface area contributed by atoms with Crippen molar-refractivity contribution in [1.29, 1.82) is 0 Å². The maximum atomic E-state index is 6.60. The molecule has 5 heteroatoms. The van der Waals surface area contributed by atoms with Crippen molar-refractivity contribution in [2.75, 3.05) is 4.90 Å². The number of fused-ring (bicyclic) bond motifs is 12.